The standard InChI is InChI=1S/C22H29N3O2/c1-18-6-5-9-21(16-18)27-15-14-24(2)22(26)23-11-13-25-12-10-19-7-3-4-8-20(19)17-25/h3-9,16H,10-15,17H2,1-2H3,(H,23,26). The second kappa shape index (κ2) is 9.42. The smallest absolute Gasteiger partial charge is 0.317 e. The fourth-order valence-corrected chi connectivity index (χ4v) is 3.31. The summed E-state index contributed by atoms with van der Waals surface area (Å²) < 4.78 is 5.71. The number of nitrogens with zero attached hydrogens (tertiary/aromatic N) is 2. The molecular weight excluding hydrogens is 338 g/mol. The molecule has 2 aromatic carbocycles. The molecule has 2 aromatic rings. The molecule has 1 heterocycles. The number of aryl methyl sites for hydroxylation is 1. The third kappa shape index (κ3) is 5.73. The first-order valence-electron chi connectivity index (χ1n) is 9.59. The molecule has 1 aliphatic heterocycles. The van der Waals surface area contributed by atoms with Crippen molar-refractivity contribution in [1.29, 1.82) is 0 Å². The monoisotopic (exact) mass is 367 g/mol. The van der Waals surface area contributed by atoms with E-state index < -0.39 is 0 Å². The maximum absolute atomic E-state index is 12.2. The molecule has 5 nitrogen and oxygen atoms in total. The summed E-state index contributed by atoms with van der Waals surface area (Å²) in [4.78, 5) is 16.3. The Kier molecular flexibility index (Phi) is 6.71. The van der Waals surface area contributed by atoms with E-state index in [0.717, 1.165) is 31.8 Å². The minimum absolute atomic E-state index is 0.0553. The van der Waals surface area contributed by atoms with Crippen LogP contribution in [-0.2, 0) is 13.0 Å². The first-order valence-corrected chi connectivity index (χ1v) is 9.59. The minimum Gasteiger partial charge on any atom is -0.492 e. The van der Waals surface area contributed by atoms with Gasteiger partial charge in [0.1, 0.15) is 12.4 Å². The van der Waals surface area contributed by atoms with E-state index in [-0.39, 0.29) is 6.03 Å². The van der Waals surface area contributed by atoms with Gasteiger partial charge in [-0.2, -0.15) is 0 Å². The van der Waals surface area contributed by atoms with Crippen LogP contribution in [0.5, 0.6) is 5.75 Å². The van der Waals surface area contributed by atoms with Crippen LogP contribution < -0.4 is 10.1 Å². The van der Waals surface area contributed by atoms with Crippen molar-refractivity contribution in [3.05, 3.63) is 65.2 Å². The first kappa shape index (κ1) is 19.2. The topological polar surface area (TPSA) is 44.8 Å². The zero-order chi connectivity index (χ0) is 19.1. The lowest BCUT2D eigenvalue weighted by Crippen LogP contribution is -2.43. The molecule has 0 aromatic heterocycles. The number of benzene rings is 2. The van der Waals surface area contributed by atoms with E-state index in [4.69, 9.17) is 4.74 Å². The minimum atomic E-state index is -0.0553. The summed E-state index contributed by atoms with van der Waals surface area (Å²) in [5.41, 5.74) is 4.02. The SMILES string of the molecule is Cc1cccc(OCCN(C)C(=O)NCCN2CCc3ccccc3C2)c1. The lowest BCUT2D eigenvalue weighted by Gasteiger charge is -2.29. The Morgan fingerprint density at radius 1 is 1.19 bits per heavy atom. The summed E-state index contributed by atoms with van der Waals surface area (Å²) in [5.74, 6) is 0.842. The molecular formula is C22H29N3O2. The molecule has 0 saturated carbocycles. The third-order valence-electron chi connectivity index (χ3n) is 4.95. The molecule has 1 aliphatic rings. The number of hydrogen-bond acceptors (Lipinski definition) is 3. The van der Waals surface area contributed by atoms with E-state index in [1.54, 1.807) is 11.9 Å². The second-order valence-corrected chi connectivity index (χ2v) is 7.11. The molecule has 2 amide bonds. The summed E-state index contributed by atoms with van der Waals surface area (Å²) in [5, 5.41) is 3.00. The predicted octanol–water partition coefficient (Wildman–Crippen LogP) is 3.07. The highest BCUT2D eigenvalue weighted by Crippen LogP contribution is 2.17. The Morgan fingerprint density at radius 3 is 2.81 bits per heavy atom. The Bertz CT molecular complexity index is 763. The van der Waals surface area contributed by atoms with Crippen LogP contribution in [0.3, 0.4) is 0 Å². The fraction of sp³-hybridized carbons (Fsp3) is 0.409. The molecule has 1 N–H and O–H groups in total. The van der Waals surface area contributed by atoms with Crippen LogP contribution in [0.1, 0.15) is 16.7 Å². The van der Waals surface area contributed by atoms with Crippen LogP contribution in [0.25, 0.3) is 0 Å². The maximum Gasteiger partial charge on any atom is 0.317 e. The zero-order valence-corrected chi connectivity index (χ0v) is 16.3. The van der Waals surface area contributed by atoms with E-state index in [2.05, 4.69) is 34.5 Å². The molecule has 0 unspecified atom stereocenters. The number of likely N-dealkylation sites (N-methyl/N-ethyl adjacent to an activating group) is 1. The normalized spacial score (nSPS) is 13.7. The number of fused-ring (bicyclic) bond motifs is 1. The van der Waals surface area contributed by atoms with Crippen LogP contribution in [0.2, 0.25) is 0 Å². The van der Waals surface area contributed by atoms with Gasteiger partial charge in [0.05, 0.1) is 6.54 Å². The lowest BCUT2D eigenvalue weighted by molar-refractivity contribution is 0.191. The van der Waals surface area contributed by atoms with Gasteiger partial charge in [-0.3, -0.25) is 4.90 Å². The molecule has 0 aliphatic carbocycles. The number of carbonyl (C=O) groups excluding carboxylic acids is 1. The molecule has 0 spiro atoms. The van der Waals surface area contributed by atoms with E-state index in [1.165, 1.54) is 16.7 Å². The molecule has 0 radical (unpaired) electrons. The summed E-state index contributed by atoms with van der Waals surface area (Å²) in [6.07, 6.45) is 1.08. The Hall–Kier alpha value is -2.53. The fourth-order valence-electron chi connectivity index (χ4n) is 3.31. The molecule has 144 valence electrons. The van der Waals surface area contributed by atoms with Gasteiger partial charge >= 0.3 is 6.03 Å². The van der Waals surface area contributed by atoms with Gasteiger partial charge in [0.15, 0.2) is 0 Å². The summed E-state index contributed by atoms with van der Waals surface area (Å²) in [6.45, 7) is 6.61. The second-order valence-electron chi connectivity index (χ2n) is 7.11. The van der Waals surface area contributed by atoms with Crippen molar-refractivity contribution in [3.8, 4) is 5.75 Å². The van der Waals surface area contributed by atoms with Crippen molar-refractivity contribution in [3.63, 3.8) is 0 Å². The van der Waals surface area contributed by atoms with Gasteiger partial charge < -0.3 is 15.0 Å². The number of carbonyl (C=O) groups is 1. The quantitative estimate of drug-likeness (QED) is 0.818. The molecule has 0 saturated heterocycles. The predicted molar refractivity (Wildman–Crippen MR) is 108 cm³/mol. The van der Waals surface area contributed by atoms with Crippen LogP contribution >= 0.6 is 0 Å². The van der Waals surface area contributed by atoms with Crippen molar-refractivity contribution in [2.45, 2.75) is 19.9 Å². The van der Waals surface area contributed by atoms with Crippen LogP contribution in [-0.4, -0.2) is 55.7 Å². The number of hydrogen-bond donors (Lipinski definition) is 1. The third-order valence-corrected chi connectivity index (χ3v) is 4.95. The average molecular weight is 367 g/mol. The van der Waals surface area contributed by atoms with E-state index in [9.17, 15) is 4.79 Å². The van der Waals surface area contributed by atoms with E-state index in [0.29, 0.717) is 19.7 Å². The largest absolute Gasteiger partial charge is 0.492 e. The van der Waals surface area contributed by atoms with Gasteiger partial charge in [-0.05, 0) is 42.2 Å². The Labute approximate surface area is 161 Å². The highest BCUT2D eigenvalue weighted by molar-refractivity contribution is 5.73. The van der Waals surface area contributed by atoms with Crippen LogP contribution in [0, 0.1) is 6.92 Å². The van der Waals surface area contributed by atoms with E-state index >= 15 is 0 Å². The van der Waals surface area contributed by atoms with Gasteiger partial charge in [0, 0.05) is 33.2 Å². The highest BCUT2D eigenvalue weighted by atomic mass is 16.5. The molecule has 0 atom stereocenters. The zero-order valence-electron chi connectivity index (χ0n) is 16.3. The number of amides is 2. The molecule has 0 bridgehead atoms. The first-order chi connectivity index (χ1) is 13.1. The van der Waals surface area contributed by atoms with Gasteiger partial charge in [0.25, 0.3) is 0 Å². The van der Waals surface area contributed by atoms with Crippen molar-refractivity contribution in [1.82, 2.24) is 15.1 Å². The van der Waals surface area contributed by atoms with Gasteiger partial charge in [0.2, 0.25) is 0 Å². The number of nitrogens with one attached hydrogen (secondary N) is 1. The number of rotatable bonds is 7. The van der Waals surface area contributed by atoms with Crippen molar-refractivity contribution in [2.75, 3.05) is 39.8 Å². The molecule has 5 heteroatoms. The Morgan fingerprint density at radius 2 is 2.00 bits per heavy atom. The summed E-state index contributed by atoms with van der Waals surface area (Å²) in [6, 6.07) is 16.5. The maximum atomic E-state index is 12.2. The summed E-state index contributed by atoms with van der Waals surface area (Å²) >= 11 is 0. The number of urea groups is 1. The highest BCUT2D eigenvalue weighted by Gasteiger charge is 2.15. The van der Waals surface area contributed by atoms with Gasteiger partial charge in [-0.15, -0.1) is 0 Å². The van der Waals surface area contributed by atoms with E-state index in [1.807, 2.05) is 31.2 Å². The van der Waals surface area contributed by atoms with Crippen LogP contribution in [0.15, 0.2) is 48.5 Å². The number of ether oxygens (including phenoxy) is 1. The van der Waals surface area contributed by atoms with Gasteiger partial charge in [-0.25, -0.2) is 4.79 Å². The molecule has 27 heavy (non-hydrogen) atoms. The summed E-state index contributed by atoms with van der Waals surface area (Å²) in [7, 11) is 1.80. The van der Waals surface area contributed by atoms with Crippen molar-refractivity contribution >= 4 is 6.03 Å². The molecule has 0 fully saturated rings. The lowest BCUT2D eigenvalue weighted by atomic mass is 10.00. The van der Waals surface area contributed by atoms with Crippen molar-refractivity contribution < 1.29 is 9.53 Å². The van der Waals surface area contributed by atoms with Gasteiger partial charge in [-0.1, -0.05) is 36.4 Å². The molecule has 3 rings (SSSR count). The average Bonchev–Trinajstić information content (AvgIpc) is 2.68. The van der Waals surface area contributed by atoms with Crippen molar-refractivity contribution in [2.24, 2.45) is 0 Å². The van der Waals surface area contributed by atoms with Crippen LogP contribution in [0.4, 0.5) is 4.79 Å². The Balaban J connectivity index is 1.33.